The van der Waals surface area contributed by atoms with E-state index in [1.165, 1.54) is 6.92 Å². The maximum absolute atomic E-state index is 12.9. The molecule has 2 atom stereocenters. The average molecular weight is 350 g/mol. The van der Waals surface area contributed by atoms with Crippen LogP contribution in [0, 0.1) is 11.3 Å². The van der Waals surface area contributed by atoms with Crippen molar-refractivity contribution in [3.63, 3.8) is 0 Å². The van der Waals surface area contributed by atoms with Gasteiger partial charge in [-0.05, 0) is 37.3 Å². The van der Waals surface area contributed by atoms with Crippen LogP contribution in [0.3, 0.4) is 0 Å². The van der Waals surface area contributed by atoms with Gasteiger partial charge in [-0.3, -0.25) is 9.59 Å². The third-order valence-electron chi connectivity index (χ3n) is 4.75. The first-order valence-electron chi connectivity index (χ1n) is 8.96. The van der Waals surface area contributed by atoms with Gasteiger partial charge >= 0.3 is 5.97 Å². The maximum atomic E-state index is 12.9. The van der Waals surface area contributed by atoms with Crippen molar-refractivity contribution < 1.29 is 14.3 Å². The molecule has 0 aliphatic heterocycles. The monoisotopic (exact) mass is 350 g/mol. The van der Waals surface area contributed by atoms with Crippen molar-refractivity contribution in [1.29, 1.82) is 0 Å². The largest absolute Gasteiger partial charge is 0.465 e. The lowest BCUT2D eigenvalue weighted by Crippen LogP contribution is -2.46. The van der Waals surface area contributed by atoms with E-state index in [-0.39, 0.29) is 18.3 Å². The molecule has 2 rings (SSSR count). The lowest BCUT2D eigenvalue weighted by atomic mass is 9.69. The first kappa shape index (κ1) is 19.6. The SMILES string of the molecule is CCOC(=O)[C@](Cc1ccccc1)(C(C)=O)[C@H](C)/C=C/c1ccccc1. The third kappa shape index (κ3) is 4.48. The van der Waals surface area contributed by atoms with E-state index in [4.69, 9.17) is 4.74 Å². The van der Waals surface area contributed by atoms with Crippen LogP contribution in [0.1, 0.15) is 31.9 Å². The summed E-state index contributed by atoms with van der Waals surface area (Å²) in [5.74, 6) is -0.939. The molecule has 0 aromatic heterocycles. The normalized spacial score (nSPS) is 14.6. The van der Waals surface area contributed by atoms with Crippen molar-refractivity contribution in [1.82, 2.24) is 0 Å². The Kier molecular flexibility index (Phi) is 6.90. The molecule has 0 aliphatic carbocycles. The second kappa shape index (κ2) is 9.14. The topological polar surface area (TPSA) is 43.4 Å². The van der Waals surface area contributed by atoms with Crippen molar-refractivity contribution in [3.8, 4) is 0 Å². The zero-order valence-corrected chi connectivity index (χ0v) is 15.6. The van der Waals surface area contributed by atoms with Gasteiger partial charge in [0.15, 0.2) is 0 Å². The van der Waals surface area contributed by atoms with E-state index in [2.05, 4.69) is 0 Å². The second-order valence-electron chi connectivity index (χ2n) is 6.47. The molecule has 0 radical (unpaired) electrons. The molecule has 3 heteroatoms. The van der Waals surface area contributed by atoms with Crippen LogP contribution in [-0.2, 0) is 20.7 Å². The molecule has 0 bridgehead atoms. The lowest BCUT2D eigenvalue weighted by Gasteiger charge is -2.33. The van der Waals surface area contributed by atoms with Crippen LogP contribution in [-0.4, -0.2) is 18.4 Å². The molecule has 2 aromatic carbocycles. The number of hydrogen-bond donors (Lipinski definition) is 0. The minimum atomic E-state index is -1.23. The Morgan fingerprint density at radius 1 is 1.04 bits per heavy atom. The van der Waals surface area contributed by atoms with E-state index in [0.717, 1.165) is 11.1 Å². The Balaban J connectivity index is 2.41. The zero-order chi connectivity index (χ0) is 19.0. The van der Waals surface area contributed by atoms with Crippen LogP contribution in [0.2, 0.25) is 0 Å². The molecule has 0 saturated carbocycles. The highest BCUT2D eigenvalue weighted by molar-refractivity contribution is 6.03. The van der Waals surface area contributed by atoms with Gasteiger partial charge in [-0.2, -0.15) is 0 Å². The summed E-state index contributed by atoms with van der Waals surface area (Å²) >= 11 is 0. The molecule has 0 saturated heterocycles. The van der Waals surface area contributed by atoms with Crippen LogP contribution in [0.5, 0.6) is 0 Å². The molecule has 0 amide bonds. The van der Waals surface area contributed by atoms with E-state index in [1.54, 1.807) is 6.92 Å². The summed E-state index contributed by atoms with van der Waals surface area (Å²) in [7, 11) is 0. The standard InChI is InChI=1S/C23H26O3/c1-4-26-22(25)23(19(3)24,17-21-13-9-6-10-14-21)18(2)15-16-20-11-7-5-8-12-20/h5-16,18H,4,17H2,1-3H3/b16-15+/t18-,23+/m1/s1. The number of carbonyl (C=O) groups is 2. The van der Waals surface area contributed by atoms with Gasteiger partial charge in [0.05, 0.1) is 6.61 Å². The first-order valence-corrected chi connectivity index (χ1v) is 8.96. The van der Waals surface area contributed by atoms with Crippen LogP contribution < -0.4 is 0 Å². The molecule has 136 valence electrons. The van der Waals surface area contributed by atoms with E-state index in [1.807, 2.05) is 79.7 Å². The fraction of sp³-hybridized carbons (Fsp3) is 0.304. The molecule has 0 N–H and O–H groups in total. The molecule has 3 nitrogen and oxygen atoms in total. The number of rotatable bonds is 8. The fourth-order valence-electron chi connectivity index (χ4n) is 3.17. The first-order chi connectivity index (χ1) is 12.5. The van der Waals surface area contributed by atoms with Gasteiger partial charge in [0.1, 0.15) is 11.2 Å². The summed E-state index contributed by atoms with van der Waals surface area (Å²) in [5, 5.41) is 0. The molecule has 2 aromatic rings. The number of carbonyl (C=O) groups excluding carboxylic acids is 2. The van der Waals surface area contributed by atoms with Gasteiger partial charge in [0.25, 0.3) is 0 Å². The fourth-order valence-corrected chi connectivity index (χ4v) is 3.17. The van der Waals surface area contributed by atoms with Gasteiger partial charge in [-0.15, -0.1) is 0 Å². The number of ketones is 1. The summed E-state index contributed by atoms with van der Waals surface area (Å²) in [6.07, 6.45) is 4.20. The van der Waals surface area contributed by atoms with Gasteiger partial charge in [-0.1, -0.05) is 79.7 Å². The van der Waals surface area contributed by atoms with Crippen LogP contribution >= 0.6 is 0 Å². The van der Waals surface area contributed by atoms with Gasteiger partial charge in [0.2, 0.25) is 0 Å². The molecular weight excluding hydrogens is 324 g/mol. The molecule has 0 fully saturated rings. The molecule has 0 heterocycles. The summed E-state index contributed by atoms with van der Waals surface area (Å²) < 4.78 is 5.32. The van der Waals surface area contributed by atoms with Crippen molar-refractivity contribution in [2.24, 2.45) is 11.3 Å². The Bertz CT molecular complexity index is 750. The highest BCUT2D eigenvalue weighted by atomic mass is 16.5. The van der Waals surface area contributed by atoms with Crippen molar-refractivity contribution in [3.05, 3.63) is 77.9 Å². The Morgan fingerprint density at radius 3 is 2.15 bits per heavy atom. The smallest absolute Gasteiger partial charge is 0.320 e. The minimum absolute atomic E-state index is 0.176. The van der Waals surface area contributed by atoms with E-state index >= 15 is 0 Å². The Morgan fingerprint density at radius 2 is 1.62 bits per heavy atom. The number of ether oxygens (including phenoxy) is 1. The summed E-state index contributed by atoms with van der Waals surface area (Å²) in [6, 6.07) is 19.5. The summed E-state index contributed by atoms with van der Waals surface area (Å²) in [4.78, 5) is 25.6. The number of Topliss-reactive ketones (excluding diaryl/α,β-unsaturated/α-hetero) is 1. The molecule has 26 heavy (non-hydrogen) atoms. The van der Waals surface area contributed by atoms with Gasteiger partial charge < -0.3 is 4.74 Å². The van der Waals surface area contributed by atoms with Crippen LogP contribution in [0.25, 0.3) is 6.08 Å². The number of allylic oxidation sites excluding steroid dienone is 1. The van der Waals surface area contributed by atoms with E-state index in [9.17, 15) is 9.59 Å². The van der Waals surface area contributed by atoms with Crippen molar-refractivity contribution in [2.45, 2.75) is 27.2 Å². The maximum Gasteiger partial charge on any atom is 0.320 e. The predicted molar refractivity (Wildman–Crippen MR) is 105 cm³/mol. The zero-order valence-electron chi connectivity index (χ0n) is 15.6. The molecular formula is C23H26O3. The van der Waals surface area contributed by atoms with Crippen LogP contribution in [0.4, 0.5) is 0 Å². The molecule has 0 unspecified atom stereocenters. The third-order valence-corrected chi connectivity index (χ3v) is 4.75. The number of esters is 1. The quantitative estimate of drug-likeness (QED) is 0.511. The summed E-state index contributed by atoms with van der Waals surface area (Å²) in [5.41, 5.74) is 0.735. The number of hydrogen-bond acceptors (Lipinski definition) is 3. The number of benzene rings is 2. The van der Waals surface area contributed by atoms with Gasteiger partial charge in [-0.25, -0.2) is 0 Å². The molecule has 0 aliphatic rings. The second-order valence-corrected chi connectivity index (χ2v) is 6.47. The van der Waals surface area contributed by atoms with Gasteiger partial charge in [0, 0.05) is 0 Å². The van der Waals surface area contributed by atoms with E-state index < -0.39 is 11.4 Å². The highest BCUT2D eigenvalue weighted by Gasteiger charge is 2.48. The van der Waals surface area contributed by atoms with Crippen LogP contribution in [0.15, 0.2) is 66.7 Å². The Hall–Kier alpha value is -2.68. The van der Waals surface area contributed by atoms with E-state index in [0.29, 0.717) is 6.42 Å². The Labute approximate surface area is 155 Å². The van der Waals surface area contributed by atoms with Crippen molar-refractivity contribution >= 4 is 17.8 Å². The average Bonchev–Trinajstić information content (AvgIpc) is 2.65. The molecule has 0 spiro atoms. The minimum Gasteiger partial charge on any atom is -0.465 e. The van der Waals surface area contributed by atoms with Crippen molar-refractivity contribution in [2.75, 3.05) is 6.61 Å². The lowest BCUT2D eigenvalue weighted by molar-refractivity contribution is -0.162. The highest BCUT2D eigenvalue weighted by Crippen LogP contribution is 2.36. The predicted octanol–water partition coefficient (Wildman–Crippen LogP) is 4.72. The summed E-state index contributed by atoms with van der Waals surface area (Å²) in [6.45, 7) is 5.39.